The number of carbonyl (C=O) groups excluding carboxylic acids is 1. The number of hydrogen-bond donors (Lipinski definition) is 3. The SMILES string of the molecule is NNC(=O)c1ccc(Cn2cc(Br)c(=O)[nH]c2=O)cc1. The lowest BCUT2D eigenvalue weighted by Gasteiger charge is -2.06. The highest BCUT2D eigenvalue weighted by Gasteiger charge is 2.05. The van der Waals surface area contributed by atoms with Crippen molar-refractivity contribution >= 4 is 21.8 Å². The van der Waals surface area contributed by atoms with Gasteiger partial charge in [0.05, 0.1) is 11.0 Å². The molecule has 8 heteroatoms. The van der Waals surface area contributed by atoms with E-state index < -0.39 is 11.2 Å². The fourth-order valence-electron chi connectivity index (χ4n) is 1.64. The summed E-state index contributed by atoms with van der Waals surface area (Å²) in [5.41, 5.74) is 2.29. The summed E-state index contributed by atoms with van der Waals surface area (Å²) < 4.78 is 1.62. The van der Waals surface area contributed by atoms with Crippen LogP contribution in [0.4, 0.5) is 0 Å². The van der Waals surface area contributed by atoms with E-state index in [4.69, 9.17) is 5.84 Å². The number of halogens is 1. The predicted molar refractivity (Wildman–Crippen MR) is 76.2 cm³/mol. The summed E-state index contributed by atoms with van der Waals surface area (Å²) in [7, 11) is 0. The van der Waals surface area contributed by atoms with Crippen LogP contribution in [0.5, 0.6) is 0 Å². The first-order valence-electron chi connectivity index (χ1n) is 5.60. The molecular formula is C12H11BrN4O3. The minimum absolute atomic E-state index is 0.274. The van der Waals surface area contributed by atoms with Crippen molar-refractivity contribution in [2.24, 2.45) is 5.84 Å². The van der Waals surface area contributed by atoms with E-state index in [-0.39, 0.29) is 16.9 Å². The van der Waals surface area contributed by atoms with E-state index in [2.05, 4.69) is 20.9 Å². The van der Waals surface area contributed by atoms with Gasteiger partial charge in [-0.3, -0.25) is 24.6 Å². The van der Waals surface area contributed by atoms with Crippen molar-refractivity contribution in [1.82, 2.24) is 15.0 Å². The fraction of sp³-hybridized carbons (Fsp3) is 0.0833. The molecule has 0 fully saturated rings. The van der Waals surface area contributed by atoms with E-state index in [0.29, 0.717) is 5.56 Å². The third-order valence-electron chi connectivity index (χ3n) is 2.67. The van der Waals surface area contributed by atoms with Crippen molar-refractivity contribution < 1.29 is 4.79 Å². The summed E-state index contributed by atoms with van der Waals surface area (Å²) in [4.78, 5) is 36.3. The Morgan fingerprint density at radius 1 is 1.30 bits per heavy atom. The van der Waals surface area contributed by atoms with Crippen LogP contribution in [-0.4, -0.2) is 15.5 Å². The largest absolute Gasteiger partial charge is 0.328 e. The lowest BCUT2D eigenvalue weighted by atomic mass is 10.1. The highest BCUT2D eigenvalue weighted by atomic mass is 79.9. The van der Waals surface area contributed by atoms with Crippen LogP contribution in [0.2, 0.25) is 0 Å². The van der Waals surface area contributed by atoms with Gasteiger partial charge in [0.25, 0.3) is 11.5 Å². The highest BCUT2D eigenvalue weighted by Crippen LogP contribution is 2.06. The number of aromatic nitrogens is 2. The molecule has 0 atom stereocenters. The molecule has 2 aromatic rings. The van der Waals surface area contributed by atoms with Gasteiger partial charge in [0, 0.05) is 11.8 Å². The number of hydrazine groups is 1. The quantitative estimate of drug-likeness (QED) is 0.414. The number of nitrogen functional groups attached to an aromatic ring is 1. The van der Waals surface area contributed by atoms with E-state index in [1.54, 1.807) is 24.3 Å². The third-order valence-corrected chi connectivity index (χ3v) is 3.23. The Balaban J connectivity index is 2.27. The summed E-state index contributed by atoms with van der Waals surface area (Å²) in [5, 5.41) is 0. The number of nitrogens with one attached hydrogen (secondary N) is 2. The molecule has 1 aromatic carbocycles. The number of H-pyrrole nitrogens is 1. The van der Waals surface area contributed by atoms with Crippen LogP contribution >= 0.6 is 15.9 Å². The minimum atomic E-state index is -0.498. The Bertz CT molecular complexity index is 749. The lowest BCUT2D eigenvalue weighted by molar-refractivity contribution is 0.0953. The second-order valence-electron chi connectivity index (χ2n) is 4.03. The summed E-state index contributed by atoms with van der Waals surface area (Å²) in [6.07, 6.45) is 1.42. The third kappa shape index (κ3) is 3.03. The molecule has 1 heterocycles. The summed E-state index contributed by atoms with van der Waals surface area (Å²) in [5.74, 6) is 4.64. The fourth-order valence-corrected chi connectivity index (χ4v) is 1.99. The van der Waals surface area contributed by atoms with Crippen LogP contribution in [-0.2, 0) is 6.54 Å². The van der Waals surface area contributed by atoms with Crippen LogP contribution in [0.3, 0.4) is 0 Å². The van der Waals surface area contributed by atoms with Gasteiger partial charge >= 0.3 is 5.69 Å². The van der Waals surface area contributed by atoms with E-state index in [1.165, 1.54) is 10.8 Å². The predicted octanol–water partition coefficient (Wildman–Crippen LogP) is -0.0491. The Morgan fingerprint density at radius 2 is 1.95 bits per heavy atom. The molecule has 104 valence electrons. The van der Waals surface area contributed by atoms with Crippen molar-refractivity contribution in [3.63, 3.8) is 0 Å². The van der Waals surface area contributed by atoms with E-state index >= 15 is 0 Å². The summed E-state index contributed by atoms with van der Waals surface area (Å²) in [6.45, 7) is 0.277. The number of rotatable bonds is 3. The van der Waals surface area contributed by atoms with Crippen LogP contribution < -0.4 is 22.5 Å². The first kappa shape index (κ1) is 14.2. The van der Waals surface area contributed by atoms with Crippen LogP contribution in [0.15, 0.2) is 44.5 Å². The number of carbonyl (C=O) groups is 1. The number of nitrogens with zero attached hydrogens (tertiary/aromatic N) is 1. The molecule has 0 aliphatic carbocycles. The van der Waals surface area contributed by atoms with Crippen LogP contribution in [0.1, 0.15) is 15.9 Å². The number of amides is 1. The van der Waals surface area contributed by atoms with Crippen molar-refractivity contribution in [3.05, 3.63) is 66.9 Å². The molecule has 20 heavy (non-hydrogen) atoms. The van der Waals surface area contributed by atoms with Gasteiger partial charge in [-0.15, -0.1) is 0 Å². The zero-order chi connectivity index (χ0) is 14.7. The molecule has 2 rings (SSSR count). The topological polar surface area (TPSA) is 110 Å². The van der Waals surface area contributed by atoms with Crippen molar-refractivity contribution in [3.8, 4) is 0 Å². The molecule has 0 unspecified atom stereocenters. The standard InChI is InChI=1S/C12H11BrN4O3/c13-9-6-17(12(20)15-11(9)19)5-7-1-3-8(4-2-7)10(18)16-14/h1-4,6H,5,14H2,(H,16,18)(H,15,19,20). The molecule has 0 bridgehead atoms. The van der Waals surface area contributed by atoms with Gasteiger partial charge in [0.2, 0.25) is 0 Å². The lowest BCUT2D eigenvalue weighted by Crippen LogP contribution is -2.30. The van der Waals surface area contributed by atoms with Gasteiger partial charge in [0.15, 0.2) is 0 Å². The molecule has 0 aliphatic rings. The monoisotopic (exact) mass is 338 g/mol. The first-order chi connectivity index (χ1) is 9.51. The minimum Gasteiger partial charge on any atom is -0.295 e. The molecule has 4 N–H and O–H groups in total. The average molecular weight is 339 g/mol. The van der Waals surface area contributed by atoms with Crippen LogP contribution in [0, 0.1) is 0 Å². The van der Waals surface area contributed by atoms with Gasteiger partial charge in [0.1, 0.15) is 0 Å². The molecule has 0 aliphatic heterocycles. The van der Waals surface area contributed by atoms with Crippen LogP contribution in [0.25, 0.3) is 0 Å². The van der Waals surface area contributed by atoms with E-state index in [1.807, 2.05) is 5.43 Å². The first-order valence-corrected chi connectivity index (χ1v) is 6.39. The maximum Gasteiger partial charge on any atom is 0.328 e. The van der Waals surface area contributed by atoms with Gasteiger partial charge < -0.3 is 0 Å². The zero-order valence-corrected chi connectivity index (χ0v) is 11.8. The summed E-state index contributed by atoms with van der Waals surface area (Å²) >= 11 is 3.06. The van der Waals surface area contributed by atoms with Crippen molar-refractivity contribution in [2.45, 2.75) is 6.54 Å². The second-order valence-corrected chi connectivity index (χ2v) is 4.89. The maximum absolute atomic E-state index is 11.6. The van der Waals surface area contributed by atoms with Crippen molar-refractivity contribution in [1.29, 1.82) is 0 Å². The van der Waals surface area contributed by atoms with Gasteiger partial charge in [-0.25, -0.2) is 10.6 Å². The Hall–Kier alpha value is -2.19. The average Bonchev–Trinajstić information content (AvgIpc) is 2.44. The second kappa shape index (κ2) is 5.85. The molecule has 1 aromatic heterocycles. The molecule has 1 amide bonds. The number of hydrogen-bond acceptors (Lipinski definition) is 4. The number of benzene rings is 1. The smallest absolute Gasteiger partial charge is 0.295 e. The van der Waals surface area contributed by atoms with Crippen molar-refractivity contribution in [2.75, 3.05) is 0 Å². The maximum atomic E-state index is 11.6. The highest BCUT2D eigenvalue weighted by molar-refractivity contribution is 9.10. The van der Waals surface area contributed by atoms with E-state index in [9.17, 15) is 14.4 Å². The molecule has 0 saturated heterocycles. The van der Waals surface area contributed by atoms with E-state index in [0.717, 1.165) is 5.56 Å². The molecule has 0 saturated carbocycles. The van der Waals surface area contributed by atoms with Gasteiger partial charge in [-0.1, -0.05) is 12.1 Å². The Morgan fingerprint density at radius 3 is 2.55 bits per heavy atom. The Kier molecular flexibility index (Phi) is 4.16. The zero-order valence-electron chi connectivity index (χ0n) is 10.2. The molecule has 7 nitrogen and oxygen atoms in total. The molecule has 0 spiro atoms. The Labute approximate surface area is 121 Å². The van der Waals surface area contributed by atoms with Gasteiger partial charge in [-0.2, -0.15) is 0 Å². The molecule has 0 radical (unpaired) electrons. The summed E-state index contributed by atoms with van der Waals surface area (Å²) in [6, 6.07) is 6.61. The van der Waals surface area contributed by atoms with Gasteiger partial charge in [-0.05, 0) is 33.6 Å². The molecular weight excluding hydrogens is 328 g/mol. The number of aromatic amines is 1. The normalized spacial score (nSPS) is 10.3. The number of nitrogens with two attached hydrogens (primary N) is 1.